The molecule has 116 valence electrons. The van der Waals surface area contributed by atoms with Crippen LogP contribution in [-0.4, -0.2) is 32.7 Å². The fourth-order valence-electron chi connectivity index (χ4n) is 3.46. The average molecular weight is 330 g/mol. The molecule has 2 unspecified atom stereocenters. The summed E-state index contributed by atoms with van der Waals surface area (Å²) in [6, 6.07) is 1.21. The van der Waals surface area contributed by atoms with Gasteiger partial charge in [0.2, 0.25) is 0 Å². The third-order valence-electron chi connectivity index (χ3n) is 4.50. The van der Waals surface area contributed by atoms with Crippen LogP contribution in [-0.2, 0) is 9.84 Å². The van der Waals surface area contributed by atoms with Crippen molar-refractivity contribution >= 4 is 31.9 Å². The van der Waals surface area contributed by atoms with Crippen molar-refractivity contribution in [2.24, 2.45) is 11.8 Å². The predicted molar refractivity (Wildman–Crippen MR) is 81.7 cm³/mol. The average Bonchev–Trinajstić information content (AvgIpc) is 3.01. The van der Waals surface area contributed by atoms with Crippen molar-refractivity contribution in [1.82, 2.24) is 0 Å². The largest absolute Gasteiger partial charge is 0.357 e. The van der Waals surface area contributed by atoms with Gasteiger partial charge in [-0.3, -0.25) is 10.1 Å². The van der Waals surface area contributed by atoms with Gasteiger partial charge in [0.15, 0.2) is 14.8 Å². The van der Waals surface area contributed by atoms with Gasteiger partial charge in [0.05, 0.1) is 4.92 Å². The molecule has 3 rings (SSSR count). The Morgan fingerprint density at radius 3 is 2.33 bits per heavy atom. The second kappa shape index (κ2) is 5.24. The Morgan fingerprint density at radius 1 is 1.29 bits per heavy atom. The normalized spacial score (nSPS) is 25.9. The molecule has 2 fully saturated rings. The van der Waals surface area contributed by atoms with E-state index in [0.29, 0.717) is 16.8 Å². The molecule has 1 aliphatic carbocycles. The highest BCUT2D eigenvalue weighted by Crippen LogP contribution is 2.45. The minimum atomic E-state index is -3.41. The Balaban J connectivity index is 1.94. The first kappa shape index (κ1) is 14.8. The molecule has 1 saturated carbocycles. The maximum Gasteiger partial charge on any atom is 0.305 e. The highest BCUT2D eigenvalue weighted by molar-refractivity contribution is 7.92. The maximum atomic E-state index is 11.7. The number of thiophene rings is 1. The van der Waals surface area contributed by atoms with Crippen molar-refractivity contribution in [3.8, 4) is 0 Å². The third-order valence-corrected chi connectivity index (χ3v) is 7.48. The first-order valence-corrected chi connectivity index (χ1v) is 9.80. The molecule has 0 bridgehead atoms. The molecule has 0 spiro atoms. The van der Waals surface area contributed by atoms with Crippen molar-refractivity contribution in [2.75, 3.05) is 24.2 Å². The summed E-state index contributed by atoms with van der Waals surface area (Å²) < 4.78 is 23.4. The van der Waals surface area contributed by atoms with Gasteiger partial charge in [-0.25, -0.2) is 8.42 Å². The number of nitrogens with zero attached hydrogens (tertiary/aromatic N) is 2. The molecular formula is C13H18N2O4S2. The zero-order valence-corrected chi connectivity index (χ0v) is 13.5. The van der Waals surface area contributed by atoms with Crippen molar-refractivity contribution < 1.29 is 13.3 Å². The molecular weight excluding hydrogens is 312 g/mol. The highest BCUT2D eigenvalue weighted by Gasteiger charge is 2.38. The second-order valence-electron chi connectivity index (χ2n) is 5.99. The molecule has 1 saturated heterocycles. The lowest BCUT2D eigenvalue weighted by Crippen LogP contribution is -2.19. The topological polar surface area (TPSA) is 80.5 Å². The second-order valence-corrected chi connectivity index (χ2v) is 9.27. The molecule has 8 heteroatoms. The van der Waals surface area contributed by atoms with Crippen molar-refractivity contribution in [2.45, 2.75) is 29.9 Å². The number of nitro groups is 1. The number of anilines is 1. The highest BCUT2D eigenvalue weighted by atomic mass is 32.2. The van der Waals surface area contributed by atoms with E-state index in [9.17, 15) is 18.5 Å². The minimum absolute atomic E-state index is 0.0703. The van der Waals surface area contributed by atoms with Crippen LogP contribution in [0, 0.1) is 22.0 Å². The molecule has 0 amide bonds. The van der Waals surface area contributed by atoms with E-state index in [-0.39, 0.29) is 9.90 Å². The van der Waals surface area contributed by atoms with Crippen LogP contribution in [0.5, 0.6) is 0 Å². The van der Waals surface area contributed by atoms with Gasteiger partial charge in [-0.2, -0.15) is 0 Å². The smallest absolute Gasteiger partial charge is 0.305 e. The molecule has 0 N–H and O–H groups in total. The zero-order chi connectivity index (χ0) is 15.2. The van der Waals surface area contributed by atoms with Crippen LogP contribution in [0.1, 0.15) is 25.7 Å². The lowest BCUT2D eigenvalue weighted by Gasteiger charge is -2.22. The fourth-order valence-corrected chi connectivity index (χ4v) is 5.51. The molecule has 2 atom stereocenters. The summed E-state index contributed by atoms with van der Waals surface area (Å²) in [6.07, 6.45) is 5.92. The third kappa shape index (κ3) is 2.78. The van der Waals surface area contributed by atoms with E-state index in [1.54, 1.807) is 0 Å². The van der Waals surface area contributed by atoms with Crippen LogP contribution in [0.3, 0.4) is 0 Å². The number of sulfone groups is 1. The fraction of sp³-hybridized carbons (Fsp3) is 0.692. The van der Waals surface area contributed by atoms with Gasteiger partial charge in [0, 0.05) is 25.4 Å². The van der Waals surface area contributed by atoms with Gasteiger partial charge < -0.3 is 4.90 Å². The summed E-state index contributed by atoms with van der Waals surface area (Å²) in [5, 5.41) is 11.7. The monoisotopic (exact) mass is 330 g/mol. The maximum absolute atomic E-state index is 11.7. The van der Waals surface area contributed by atoms with Crippen molar-refractivity contribution in [3.05, 3.63) is 16.2 Å². The number of hydrogen-bond donors (Lipinski definition) is 0. The quantitative estimate of drug-likeness (QED) is 0.629. The summed E-state index contributed by atoms with van der Waals surface area (Å²) in [7, 11) is -3.41. The van der Waals surface area contributed by atoms with Crippen LogP contribution in [0.15, 0.2) is 10.3 Å². The summed E-state index contributed by atoms with van der Waals surface area (Å²) in [5.74, 6) is 1.20. The Hall–Kier alpha value is -1.15. The SMILES string of the molecule is CS(=O)(=O)c1cc([N+](=O)[O-])c(N2CC3CCCCC3C2)s1. The Morgan fingerprint density at radius 2 is 1.86 bits per heavy atom. The Kier molecular flexibility index (Phi) is 3.69. The van der Waals surface area contributed by atoms with E-state index in [2.05, 4.69) is 0 Å². The molecule has 1 aromatic heterocycles. The number of hydrogen-bond acceptors (Lipinski definition) is 6. The molecule has 0 aromatic carbocycles. The number of fused-ring (bicyclic) bond motifs is 1. The van der Waals surface area contributed by atoms with E-state index in [1.807, 2.05) is 4.90 Å². The molecule has 2 heterocycles. The molecule has 1 aromatic rings. The van der Waals surface area contributed by atoms with Crippen LogP contribution in [0.4, 0.5) is 10.7 Å². The zero-order valence-electron chi connectivity index (χ0n) is 11.8. The van der Waals surface area contributed by atoms with Crippen LogP contribution in [0.2, 0.25) is 0 Å². The lowest BCUT2D eigenvalue weighted by atomic mass is 9.82. The van der Waals surface area contributed by atoms with Crippen LogP contribution >= 0.6 is 11.3 Å². The number of rotatable bonds is 3. The summed E-state index contributed by atoms with van der Waals surface area (Å²) in [5.41, 5.74) is -0.0703. The van der Waals surface area contributed by atoms with Crippen molar-refractivity contribution in [3.63, 3.8) is 0 Å². The first-order chi connectivity index (χ1) is 9.86. The molecule has 6 nitrogen and oxygen atoms in total. The van der Waals surface area contributed by atoms with Gasteiger partial charge in [-0.05, 0) is 24.7 Å². The lowest BCUT2D eigenvalue weighted by molar-refractivity contribution is -0.383. The van der Waals surface area contributed by atoms with Crippen LogP contribution in [0.25, 0.3) is 0 Å². The van der Waals surface area contributed by atoms with E-state index in [4.69, 9.17) is 0 Å². The Bertz CT molecular complexity index is 654. The van der Waals surface area contributed by atoms with Gasteiger partial charge in [-0.1, -0.05) is 24.2 Å². The van der Waals surface area contributed by atoms with E-state index >= 15 is 0 Å². The van der Waals surface area contributed by atoms with E-state index in [1.165, 1.54) is 31.7 Å². The first-order valence-electron chi connectivity index (χ1n) is 7.09. The standard InChI is InChI=1S/C13H18N2O4S2/c1-21(18,19)12-6-11(15(16)17)13(20-12)14-7-9-4-2-3-5-10(9)8-14/h6,9-10H,2-5,7-8H2,1H3. The summed E-state index contributed by atoms with van der Waals surface area (Å²) in [4.78, 5) is 12.8. The molecule has 0 radical (unpaired) electrons. The van der Waals surface area contributed by atoms with E-state index in [0.717, 1.165) is 30.7 Å². The molecule has 21 heavy (non-hydrogen) atoms. The molecule has 2 aliphatic rings. The summed E-state index contributed by atoms with van der Waals surface area (Å²) >= 11 is 1.03. The Labute approximate surface area is 127 Å². The minimum Gasteiger partial charge on any atom is -0.357 e. The van der Waals surface area contributed by atoms with Gasteiger partial charge in [0.1, 0.15) is 4.21 Å². The summed E-state index contributed by atoms with van der Waals surface area (Å²) in [6.45, 7) is 1.63. The van der Waals surface area contributed by atoms with Gasteiger partial charge >= 0.3 is 5.69 Å². The van der Waals surface area contributed by atoms with Gasteiger partial charge in [-0.15, -0.1) is 0 Å². The van der Waals surface area contributed by atoms with E-state index < -0.39 is 14.8 Å². The van der Waals surface area contributed by atoms with Crippen molar-refractivity contribution in [1.29, 1.82) is 0 Å². The van der Waals surface area contributed by atoms with Gasteiger partial charge in [0.25, 0.3) is 0 Å². The molecule has 1 aliphatic heterocycles. The van der Waals surface area contributed by atoms with Crippen LogP contribution < -0.4 is 4.90 Å². The predicted octanol–water partition coefficient (Wildman–Crippen LogP) is 2.69.